The molecule has 1 saturated carbocycles. The van der Waals surface area contributed by atoms with E-state index in [4.69, 9.17) is 4.74 Å². The Morgan fingerprint density at radius 1 is 1.42 bits per heavy atom. The summed E-state index contributed by atoms with van der Waals surface area (Å²) in [7, 11) is 1.74. The van der Waals surface area contributed by atoms with Gasteiger partial charge in [0.05, 0.1) is 6.61 Å². The SMILES string of the molecule is CCCNc1cc(N(CCOC)C2CC2)nc(C)n1. The number of aryl methyl sites for hydroxylation is 1. The molecule has 19 heavy (non-hydrogen) atoms. The number of anilines is 2. The highest BCUT2D eigenvalue weighted by Gasteiger charge is 2.30. The number of hydrogen-bond donors (Lipinski definition) is 1. The highest BCUT2D eigenvalue weighted by molar-refractivity contribution is 5.50. The Balaban J connectivity index is 2.13. The molecule has 0 aromatic carbocycles. The summed E-state index contributed by atoms with van der Waals surface area (Å²) in [5.41, 5.74) is 0. The largest absolute Gasteiger partial charge is 0.383 e. The first-order valence-corrected chi connectivity index (χ1v) is 7.09. The summed E-state index contributed by atoms with van der Waals surface area (Å²) in [5.74, 6) is 2.76. The standard InChI is InChI=1S/C14H24N4O/c1-4-7-15-13-10-14(17-11(2)16-13)18(8-9-19-3)12-5-6-12/h10,12H,4-9H2,1-3H3,(H,15,16,17). The molecule has 1 aromatic rings. The number of nitrogens with one attached hydrogen (secondary N) is 1. The Morgan fingerprint density at radius 2 is 2.21 bits per heavy atom. The maximum Gasteiger partial charge on any atom is 0.134 e. The third-order valence-corrected chi connectivity index (χ3v) is 3.20. The molecule has 0 aliphatic heterocycles. The smallest absolute Gasteiger partial charge is 0.134 e. The number of aromatic nitrogens is 2. The van der Waals surface area contributed by atoms with Gasteiger partial charge in [0.15, 0.2) is 0 Å². The molecule has 2 rings (SSSR count). The van der Waals surface area contributed by atoms with Crippen LogP contribution in [0.15, 0.2) is 6.07 Å². The van der Waals surface area contributed by atoms with Crippen molar-refractivity contribution in [2.45, 2.75) is 39.2 Å². The predicted octanol–water partition coefficient (Wildman–Crippen LogP) is 2.22. The summed E-state index contributed by atoms with van der Waals surface area (Å²) in [5, 5.41) is 3.34. The normalized spacial score (nSPS) is 14.5. The van der Waals surface area contributed by atoms with Crippen molar-refractivity contribution in [3.05, 3.63) is 11.9 Å². The van der Waals surface area contributed by atoms with Gasteiger partial charge in [-0.25, -0.2) is 9.97 Å². The summed E-state index contributed by atoms with van der Waals surface area (Å²) < 4.78 is 5.20. The zero-order chi connectivity index (χ0) is 13.7. The van der Waals surface area contributed by atoms with Crippen LogP contribution >= 0.6 is 0 Å². The van der Waals surface area contributed by atoms with Crippen molar-refractivity contribution in [1.29, 1.82) is 0 Å². The minimum absolute atomic E-state index is 0.628. The van der Waals surface area contributed by atoms with E-state index in [0.717, 1.165) is 43.6 Å². The number of ether oxygens (including phenoxy) is 1. The van der Waals surface area contributed by atoms with Crippen LogP contribution in [0, 0.1) is 6.92 Å². The summed E-state index contributed by atoms with van der Waals surface area (Å²) in [6, 6.07) is 2.68. The van der Waals surface area contributed by atoms with Crippen LogP contribution in [0.1, 0.15) is 32.0 Å². The third-order valence-electron chi connectivity index (χ3n) is 3.20. The fourth-order valence-corrected chi connectivity index (χ4v) is 2.10. The monoisotopic (exact) mass is 264 g/mol. The quantitative estimate of drug-likeness (QED) is 0.780. The molecule has 0 bridgehead atoms. The summed E-state index contributed by atoms with van der Waals surface area (Å²) in [4.78, 5) is 11.4. The van der Waals surface area contributed by atoms with Gasteiger partial charge < -0.3 is 15.0 Å². The lowest BCUT2D eigenvalue weighted by Crippen LogP contribution is -2.30. The molecule has 1 aromatic heterocycles. The first kappa shape index (κ1) is 14.1. The van der Waals surface area contributed by atoms with E-state index in [-0.39, 0.29) is 0 Å². The molecule has 5 heteroatoms. The van der Waals surface area contributed by atoms with E-state index in [9.17, 15) is 0 Å². The van der Waals surface area contributed by atoms with E-state index in [2.05, 4.69) is 33.2 Å². The van der Waals surface area contributed by atoms with Gasteiger partial charge in [0, 0.05) is 32.3 Å². The van der Waals surface area contributed by atoms with Crippen molar-refractivity contribution in [1.82, 2.24) is 9.97 Å². The number of rotatable bonds is 8. The van der Waals surface area contributed by atoms with Crippen LogP contribution in [-0.2, 0) is 4.74 Å². The van der Waals surface area contributed by atoms with Gasteiger partial charge in [-0.3, -0.25) is 0 Å². The number of hydrogen-bond acceptors (Lipinski definition) is 5. The van der Waals surface area contributed by atoms with Gasteiger partial charge in [-0.05, 0) is 26.2 Å². The average Bonchev–Trinajstić information content (AvgIpc) is 3.21. The van der Waals surface area contributed by atoms with Gasteiger partial charge in [0.1, 0.15) is 17.5 Å². The van der Waals surface area contributed by atoms with Crippen molar-refractivity contribution < 1.29 is 4.74 Å². The van der Waals surface area contributed by atoms with Crippen molar-refractivity contribution in [3.63, 3.8) is 0 Å². The van der Waals surface area contributed by atoms with E-state index >= 15 is 0 Å². The maximum atomic E-state index is 5.20. The summed E-state index contributed by atoms with van der Waals surface area (Å²) in [6.45, 7) is 6.67. The van der Waals surface area contributed by atoms with Crippen LogP contribution in [0.3, 0.4) is 0 Å². The minimum Gasteiger partial charge on any atom is -0.383 e. The van der Waals surface area contributed by atoms with Crippen LogP contribution in [0.2, 0.25) is 0 Å². The molecule has 0 amide bonds. The van der Waals surface area contributed by atoms with Crippen LogP contribution in [-0.4, -0.2) is 42.8 Å². The van der Waals surface area contributed by atoms with Crippen molar-refractivity contribution in [2.75, 3.05) is 37.0 Å². The maximum absolute atomic E-state index is 5.20. The molecule has 1 N–H and O–H groups in total. The van der Waals surface area contributed by atoms with E-state index in [1.54, 1.807) is 7.11 Å². The lowest BCUT2D eigenvalue weighted by atomic mass is 10.4. The molecule has 0 radical (unpaired) electrons. The molecule has 1 heterocycles. The molecule has 0 atom stereocenters. The van der Waals surface area contributed by atoms with Crippen LogP contribution in [0.4, 0.5) is 11.6 Å². The lowest BCUT2D eigenvalue weighted by Gasteiger charge is -2.23. The van der Waals surface area contributed by atoms with E-state index in [1.165, 1.54) is 12.8 Å². The Morgan fingerprint density at radius 3 is 2.84 bits per heavy atom. The van der Waals surface area contributed by atoms with Crippen molar-refractivity contribution >= 4 is 11.6 Å². The molecule has 1 aliphatic rings. The molecule has 106 valence electrons. The van der Waals surface area contributed by atoms with Gasteiger partial charge in [0.2, 0.25) is 0 Å². The van der Waals surface area contributed by atoms with Gasteiger partial charge in [-0.1, -0.05) is 6.92 Å². The summed E-state index contributed by atoms with van der Waals surface area (Å²) in [6.07, 6.45) is 3.60. The molecule has 0 saturated heterocycles. The highest BCUT2D eigenvalue weighted by atomic mass is 16.5. The fourth-order valence-electron chi connectivity index (χ4n) is 2.10. The van der Waals surface area contributed by atoms with Gasteiger partial charge in [0.25, 0.3) is 0 Å². The van der Waals surface area contributed by atoms with E-state index in [0.29, 0.717) is 6.04 Å². The Hall–Kier alpha value is -1.36. The zero-order valence-electron chi connectivity index (χ0n) is 12.1. The average molecular weight is 264 g/mol. The minimum atomic E-state index is 0.628. The second kappa shape index (κ2) is 6.70. The topological polar surface area (TPSA) is 50.3 Å². The summed E-state index contributed by atoms with van der Waals surface area (Å²) >= 11 is 0. The molecular weight excluding hydrogens is 240 g/mol. The lowest BCUT2D eigenvalue weighted by molar-refractivity contribution is 0.204. The zero-order valence-corrected chi connectivity index (χ0v) is 12.1. The molecule has 0 spiro atoms. The Labute approximate surface area is 115 Å². The Bertz CT molecular complexity index is 406. The van der Waals surface area contributed by atoms with Crippen LogP contribution in [0.25, 0.3) is 0 Å². The van der Waals surface area contributed by atoms with Crippen LogP contribution in [0.5, 0.6) is 0 Å². The number of methoxy groups -OCH3 is 1. The first-order chi connectivity index (χ1) is 9.24. The molecule has 1 fully saturated rings. The second-order valence-corrected chi connectivity index (χ2v) is 5.00. The van der Waals surface area contributed by atoms with Gasteiger partial charge in [-0.2, -0.15) is 0 Å². The molecule has 5 nitrogen and oxygen atoms in total. The first-order valence-electron chi connectivity index (χ1n) is 7.09. The molecule has 1 aliphatic carbocycles. The van der Waals surface area contributed by atoms with E-state index < -0.39 is 0 Å². The molecule has 0 unspecified atom stereocenters. The van der Waals surface area contributed by atoms with Crippen molar-refractivity contribution in [3.8, 4) is 0 Å². The van der Waals surface area contributed by atoms with Crippen molar-refractivity contribution in [2.24, 2.45) is 0 Å². The van der Waals surface area contributed by atoms with Gasteiger partial charge in [-0.15, -0.1) is 0 Å². The third kappa shape index (κ3) is 4.06. The number of nitrogens with zero attached hydrogens (tertiary/aromatic N) is 3. The fraction of sp³-hybridized carbons (Fsp3) is 0.714. The van der Waals surface area contributed by atoms with Gasteiger partial charge >= 0.3 is 0 Å². The highest BCUT2D eigenvalue weighted by Crippen LogP contribution is 2.31. The predicted molar refractivity (Wildman–Crippen MR) is 77.8 cm³/mol. The van der Waals surface area contributed by atoms with E-state index in [1.807, 2.05) is 6.92 Å². The van der Waals surface area contributed by atoms with Crippen LogP contribution < -0.4 is 10.2 Å². The second-order valence-electron chi connectivity index (χ2n) is 5.00. The Kier molecular flexibility index (Phi) is 4.96. The molecular formula is C14H24N4O.